The summed E-state index contributed by atoms with van der Waals surface area (Å²) in [5.74, 6) is -0.327. The molecular weight excluding hydrogens is 369 g/mol. The molecule has 2 heterocycles. The van der Waals surface area contributed by atoms with E-state index in [1.165, 1.54) is 28.9 Å². The molecule has 0 atom stereocenters. The van der Waals surface area contributed by atoms with E-state index in [9.17, 15) is 18.0 Å². The quantitative estimate of drug-likeness (QED) is 0.749. The van der Waals surface area contributed by atoms with Gasteiger partial charge >= 0.3 is 6.18 Å². The van der Waals surface area contributed by atoms with Crippen LogP contribution in [0.15, 0.2) is 36.5 Å². The minimum absolute atomic E-state index is 0.179. The molecule has 3 rings (SSSR count). The van der Waals surface area contributed by atoms with Crippen LogP contribution in [0.5, 0.6) is 0 Å². The number of rotatable bonds is 4. The van der Waals surface area contributed by atoms with Crippen LogP contribution in [-0.2, 0) is 19.6 Å². The first kappa shape index (κ1) is 18.2. The molecule has 0 fully saturated rings. The van der Waals surface area contributed by atoms with Crippen LogP contribution in [0, 0.1) is 0 Å². The van der Waals surface area contributed by atoms with Crippen molar-refractivity contribution in [2.45, 2.75) is 12.6 Å². The molecule has 0 radical (unpaired) electrons. The summed E-state index contributed by atoms with van der Waals surface area (Å²) in [6, 6.07) is 6.56. The standard InChI is InChI=1S/C17H14ClF3N4O/c1-25-15(18)12(9-23-25)6-7-22-16(26)11-2-4-13-10(8-11)3-5-14(24-13)17(19,20)21/h2-5,8-9H,6-7H2,1H3,(H,22,26). The summed E-state index contributed by atoms with van der Waals surface area (Å²) in [5.41, 5.74) is 0.377. The van der Waals surface area contributed by atoms with E-state index in [0.717, 1.165) is 11.6 Å². The van der Waals surface area contributed by atoms with E-state index in [2.05, 4.69) is 15.4 Å². The van der Waals surface area contributed by atoms with E-state index < -0.39 is 11.9 Å². The first-order valence-corrected chi connectivity index (χ1v) is 8.06. The highest BCUT2D eigenvalue weighted by Crippen LogP contribution is 2.29. The van der Waals surface area contributed by atoms with E-state index in [4.69, 9.17) is 11.6 Å². The summed E-state index contributed by atoms with van der Waals surface area (Å²) in [5, 5.41) is 7.73. The number of fused-ring (bicyclic) bond motifs is 1. The van der Waals surface area contributed by atoms with E-state index in [1.54, 1.807) is 13.2 Å². The Bertz CT molecular complexity index is 968. The van der Waals surface area contributed by atoms with Crippen LogP contribution in [0.3, 0.4) is 0 Å². The number of pyridine rings is 1. The van der Waals surface area contributed by atoms with Gasteiger partial charge in [0.15, 0.2) is 0 Å². The molecule has 1 amide bonds. The monoisotopic (exact) mass is 382 g/mol. The molecule has 9 heteroatoms. The Kier molecular flexibility index (Phi) is 4.86. The van der Waals surface area contributed by atoms with Crippen molar-refractivity contribution in [3.8, 4) is 0 Å². The van der Waals surface area contributed by atoms with Crippen LogP contribution in [0.25, 0.3) is 10.9 Å². The van der Waals surface area contributed by atoms with Gasteiger partial charge in [-0.3, -0.25) is 9.48 Å². The molecular formula is C17H14ClF3N4O. The number of halogens is 4. The predicted molar refractivity (Wildman–Crippen MR) is 91.0 cm³/mol. The normalized spacial score (nSPS) is 11.7. The Labute approximate surface area is 151 Å². The zero-order valence-electron chi connectivity index (χ0n) is 13.6. The largest absolute Gasteiger partial charge is 0.433 e. The fourth-order valence-corrected chi connectivity index (χ4v) is 2.66. The van der Waals surface area contributed by atoms with Crippen molar-refractivity contribution in [2.75, 3.05) is 6.54 Å². The first-order valence-electron chi connectivity index (χ1n) is 7.68. The maximum atomic E-state index is 12.7. The molecule has 0 spiro atoms. The van der Waals surface area contributed by atoms with Gasteiger partial charge < -0.3 is 5.32 Å². The number of aromatic nitrogens is 3. The summed E-state index contributed by atoms with van der Waals surface area (Å²) < 4.78 is 39.6. The number of alkyl halides is 3. The molecule has 0 aliphatic rings. The van der Waals surface area contributed by atoms with Gasteiger partial charge in [0.1, 0.15) is 10.8 Å². The van der Waals surface area contributed by atoms with Crippen LogP contribution < -0.4 is 5.32 Å². The molecule has 0 aliphatic heterocycles. The lowest BCUT2D eigenvalue weighted by molar-refractivity contribution is -0.140. The number of nitrogens with zero attached hydrogens (tertiary/aromatic N) is 3. The second-order valence-corrected chi connectivity index (χ2v) is 6.05. The van der Waals surface area contributed by atoms with Crippen molar-refractivity contribution < 1.29 is 18.0 Å². The number of aryl methyl sites for hydroxylation is 1. The third-order valence-electron chi connectivity index (χ3n) is 3.86. The summed E-state index contributed by atoms with van der Waals surface area (Å²) in [4.78, 5) is 15.8. The highest BCUT2D eigenvalue weighted by molar-refractivity contribution is 6.30. The number of hydrogen-bond donors (Lipinski definition) is 1. The van der Waals surface area contributed by atoms with Crippen LogP contribution in [-0.4, -0.2) is 27.2 Å². The Morgan fingerprint density at radius 1 is 1.27 bits per heavy atom. The van der Waals surface area contributed by atoms with Crippen molar-refractivity contribution in [1.29, 1.82) is 0 Å². The average Bonchev–Trinajstić information content (AvgIpc) is 2.92. The molecule has 0 saturated carbocycles. The fourth-order valence-electron chi connectivity index (χ4n) is 2.47. The number of nitrogens with one attached hydrogen (secondary N) is 1. The highest BCUT2D eigenvalue weighted by Gasteiger charge is 2.32. The zero-order valence-corrected chi connectivity index (χ0v) is 14.4. The van der Waals surface area contributed by atoms with Crippen molar-refractivity contribution in [3.63, 3.8) is 0 Å². The van der Waals surface area contributed by atoms with Crippen molar-refractivity contribution in [1.82, 2.24) is 20.1 Å². The maximum Gasteiger partial charge on any atom is 0.433 e. The number of amides is 1. The Morgan fingerprint density at radius 3 is 2.69 bits per heavy atom. The highest BCUT2D eigenvalue weighted by atomic mass is 35.5. The SMILES string of the molecule is Cn1ncc(CCNC(=O)c2ccc3nc(C(F)(F)F)ccc3c2)c1Cl. The van der Waals surface area contributed by atoms with Gasteiger partial charge in [-0.25, -0.2) is 4.98 Å². The van der Waals surface area contributed by atoms with Gasteiger partial charge in [-0.05, 0) is 30.7 Å². The molecule has 1 N–H and O–H groups in total. The Balaban J connectivity index is 1.69. The van der Waals surface area contributed by atoms with E-state index in [-0.39, 0.29) is 11.4 Å². The van der Waals surface area contributed by atoms with Crippen molar-refractivity contribution in [3.05, 3.63) is 58.5 Å². The molecule has 0 unspecified atom stereocenters. The summed E-state index contributed by atoms with van der Waals surface area (Å²) >= 11 is 6.05. The van der Waals surface area contributed by atoms with Gasteiger partial charge in [0, 0.05) is 30.1 Å². The summed E-state index contributed by atoms with van der Waals surface area (Å²) in [6.45, 7) is 0.355. The van der Waals surface area contributed by atoms with Gasteiger partial charge in [0.2, 0.25) is 0 Å². The lowest BCUT2D eigenvalue weighted by Crippen LogP contribution is -2.25. The molecule has 0 saturated heterocycles. The molecule has 0 bridgehead atoms. The number of benzene rings is 1. The summed E-state index contributed by atoms with van der Waals surface area (Å²) in [7, 11) is 1.72. The number of carbonyl (C=O) groups excluding carboxylic acids is 1. The van der Waals surface area contributed by atoms with Crippen LogP contribution in [0.1, 0.15) is 21.6 Å². The lowest BCUT2D eigenvalue weighted by Gasteiger charge is -2.08. The topological polar surface area (TPSA) is 59.8 Å². The summed E-state index contributed by atoms with van der Waals surface area (Å²) in [6.07, 6.45) is -2.35. The second kappa shape index (κ2) is 6.95. The Hall–Kier alpha value is -2.61. The Morgan fingerprint density at radius 2 is 2.04 bits per heavy atom. The van der Waals surface area contributed by atoms with E-state index in [0.29, 0.717) is 29.1 Å². The fraction of sp³-hybridized carbons (Fsp3) is 0.235. The second-order valence-electron chi connectivity index (χ2n) is 5.69. The van der Waals surface area contributed by atoms with Gasteiger partial charge in [-0.1, -0.05) is 17.7 Å². The molecule has 1 aromatic carbocycles. The van der Waals surface area contributed by atoms with Crippen LogP contribution >= 0.6 is 11.6 Å². The van der Waals surface area contributed by atoms with Gasteiger partial charge in [0.05, 0.1) is 11.7 Å². The van der Waals surface area contributed by atoms with Gasteiger partial charge in [-0.2, -0.15) is 18.3 Å². The van der Waals surface area contributed by atoms with Crippen LogP contribution in [0.2, 0.25) is 5.15 Å². The third-order valence-corrected chi connectivity index (χ3v) is 4.34. The molecule has 0 aliphatic carbocycles. The molecule has 136 valence electrons. The lowest BCUT2D eigenvalue weighted by atomic mass is 10.1. The smallest absolute Gasteiger partial charge is 0.352 e. The molecule has 5 nitrogen and oxygen atoms in total. The number of carbonyl (C=O) groups is 1. The van der Waals surface area contributed by atoms with Crippen molar-refractivity contribution in [2.24, 2.45) is 7.05 Å². The maximum absolute atomic E-state index is 12.7. The van der Waals surface area contributed by atoms with Crippen LogP contribution in [0.4, 0.5) is 13.2 Å². The number of hydrogen-bond acceptors (Lipinski definition) is 3. The average molecular weight is 383 g/mol. The predicted octanol–water partition coefficient (Wildman–Crippen LogP) is 3.61. The minimum Gasteiger partial charge on any atom is -0.352 e. The van der Waals surface area contributed by atoms with Gasteiger partial charge in [0.25, 0.3) is 5.91 Å². The molecule has 3 aromatic rings. The minimum atomic E-state index is -4.50. The first-order chi connectivity index (χ1) is 12.3. The molecule has 26 heavy (non-hydrogen) atoms. The van der Waals surface area contributed by atoms with Crippen molar-refractivity contribution >= 4 is 28.4 Å². The van der Waals surface area contributed by atoms with E-state index >= 15 is 0 Å². The van der Waals surface area contributed by atoms with E-state index in [1.807, 2.05) is 0 Å². The zero-order chi connectivity index (χ0) is 18.9. The van der Waals surface area contributed by atoms with Gasteiger partial charge in [-0.15, -0.1) is 0 Å². The third kappa shape index (κ3) is 3.80. The molecule has 2 aromatic heterocycles.